The number of nitrogens with zero attached hydrogens (tertiary/aromatic N) is 4. The molecule has 5 heteroatoms. The minimum atomic E-state index is -0.131. The van der Waals surface area contributed by atoms with Crippen LogP contribution in [-0.2, 0) is 13.0 Å². The molecule has 0 aliphatic heterocycles. The highest BCUT2D eigenvalue weighted by Gasteiger charge is 2.06. The van der Waals surface area contributed by atoms with Gasteiger partial charge in [-0.3, -0.25) is 9.13 Å². The van der Waals surface area contributed by atoms with Crippen molar-refractivity contribution in [2.45, 2.75) is 13.0 Å². The molecule has 0 aliphatic carbocycles. The van der Waals surface area contributed by atoms with Crippen LogP contribution in [0.25, 0.3) is 5.82 Å². The van der Waals surface area contributed by atoms with E-state index in [4.69, 9.17) is 5.26 Å². The first-order valence-electron chi connectivity index (χ1n) is 6.96. The third-order valence-corrected chi connectivity index (χ3v) is 3.46. The summed E-state index contributed by atoms with van der Waals surface area (Å²) in [5.41, 5.74) is 1.53. The van der Waals surface area contributed by atoms with Gasteiger partial charge in [0.2, 0.25) is 0 Å². The van der Waals surface area contributed by atoms with Crippen LogP contribution in [0.4, 0.5) is 0 Å². The van der Waals surface area contributed by atoms with E-state index >= 15 is 0 Å². The highest BCUT2D eigenvalue weighted by atomic mass is 16.1. The Hall–Kier alpha value is -3.13. The van der Waals surface area contributed by atoms with Gasteiger partial charge in [0.1, 0.15) is 11.9 Å². The van der Waals surface area contributed by atoms with Crippen molar-refractivity contribution in [3.8, 4) is 11.9 Å². The van der Waals surface area contributed by atoms with Crippen molar-refractivity contribution in [2.24, 2.45) is 0 Å². The Morgan fingerprint density at radius 1 is 1.09 bits per heavy atom. The molecule has 108 valence electrons. The van der Waals surface area contributed by atoms with E-state index < -0.39 is 0 Å². The Bertz CT molecular complexity index is 854. The van der Waals surface area contributed by atoms with Crippen molar-refractivity contribution in [1.82, 2.24) is 14.1 Å². The van der Waals surface area contributed by atoms with Gasteiger partial charge >= 0.3 is 5.69 Å². The Balaban J connectivity index is 1.80. The third kappa shape index (κ3) is 2.81. The Kier molecular flexibility index (Phi) is 3.84. The number of benzene rings is 1. The van der Waals surface area contributed by atoms with Crippen LogP contribution in [0.1, 0.15) is 11.1 Å². The maximum absolute atomic E-state index is 12.4. The summed E-state index contributed by atoms with van der Waals surface area (Å²) >= 11 is 0. The highest BCUT2D eigenvalue weighted by Crippen LogP contribution is 2.04. The van der Waals surface area contributed by atoms with Crippen LogP contribution in [0.2, 0.25) is 0 Å². The number of hydrogen-bond donors (Lipinski definition) is 0. The Morgan fingerprint density at radius 2 is 1.91 bits per heavy atom. The number of aryl methyl sites for hydroxylation is 2. The topological polar surface area (TPSA) is 63.6 Å². The molecule has 0 saturated heterocycles. The molecule has 0 aliphatic rings. The first kappa shape index (κ1) is 13.8. The number of aromatic nitrogens is 3. The van der Waals surface area contributed by atoms with E-state index in [9.17, 15) is 4.79 Å². The molecule has 22 heavy (non-hydrogen) atoms. The molecule has 0 radical (unpaired) electrons. The predicted molar refractivity (Wildman–Crippen MR) is 82.7 cm³/mol. The van der Waals surface area contributed by atoms with Crippen LogP contribution in [0.5, 0.6) is 0 Å². The Morgan fingerprint density at radius 3 is 2.59 bits per heavy atom. The molecule has 2 aromatic heterocycles. The van der Waals surface area contributed by atoms with E-state index in [2.05, 4.69) is 4.98 Å². The van der Waals surface area contributed by atoms with Crippen molar-refractivity contribution < 1.29 is 0 Å². The summed E-state index contributed by atoms with van der Waals surface area (Å²) in [5, 5.41) is 8.77. The highest BCUT2D eigenvalue weighted by molar-refractivity contribution is 5.31. The summed E-state index contributed by atoms with van der Waals surface area (Å²) in [6.45, 7) is 0.617. The number of nitriles is 1. The normalized spacial score (nSPS) is 10.3. The van der Waals surface area contributed by atoms with Crippen molar-refractivity contribution >= 4 is 0 Å². The maximum Gasteiger partial charge on any atom is 0.333 e. The first-order chi connectivity index (χ1) is 10.8. The van der Waals surface area contributed by atoms with E-state index in [1.807, 2.05) is 36.4 Å². The first-order valence-corrected chi connectivity index (χ1v) is 6.96. The van der Waals surface area contributed by atoms with E-state index in [0.717, 1.165) is 6.42 Å². The van der Waals surface area contributed by atoms with Crippen LogP contribution < -0.4 is 5.69 Å². The molecule has 2 heterocycles. The second-order valence-corrected chi connectivity index (χ2v) is 4.90. The van der Waals surface area contributed by atoms with Gasteiger partial charge in [0.25, 0.3) is 0 Å². The lowest BCUT2D eigenvalue weighted by Crippen LogP contribution is -2.24. The molecule has 0 atom stereocenters. The third-order valence-electron chi connectivity index (χ3n) is 3.46. The average Bonchev–Trinajstić information content (AvgIpc) is 2.95. The molecule has 0 bridgehead atoms. The molecule has 0 fully saturated rings. The lowest BCUT2D eigenvalue weighted by atomic mass is 10.1. The Labute approximate surface area is 127 Å². The monoisotopic (exact) mass is 290 g/mol. The minimum absolute atomic E-state index is 0.131. The van der Waals surface area contributed by atoms with E-state index in [1.54, 1.807) is 29.1 Å². The standard InChI is InChI=1S/C17H14N4O/c18-12-15-6-7-16(19-13-15)21-11-10-20(17(21)22)9-8-14-4-2-1-3-5-14/h1-7,10-11,13H,8-9H2. The van der Waals surface area contributed by atoms with Gasteiger partial charge in [-0.2, -0.15) is 5.26 Å². The SMILES string of the molecule is N#Cc1ccc(-n2ccn(CCc3ccccc3)c2=O)nc1. The van der Waals surface area contributed by atoms with Crippen LogP contribution in [0.15, 0.2) is 65.8 Å². The summed E-state index contributed by atoms with van der Waals surface area (Å²) in [4.78, 5) is 16.5. The van der Waals surface area contributed by atoms with E-state index in [1.165, 1.54) is 16.3 Å². The fourth-order valence-electron chi connectivity index (χ4n) is 2.25. The van der Waals surface area contributed by atoms with Crippen molar-refractivity contribution in [3.05, 3.63) is 82.7 Å². The average molecular weight is 290 g/mol. The lowest BCUT2D eigenvalue weighted by Gasteiger charge is -2.03. The van der Waals surface area contributed by atoms with Gasteiger partial charge in [-0.05, 0) is 24.1 Å². The van der Waals surface area contributed by atoms with E-state index in [-0.39, 0.29) is 5.69 Å². The van der Waals surface area contributed by atoms with Gasteiger partial charge in [0, 0.05) is 25.1 Å². The number of rotatable bonds is 4. The van der Waals surface area contributed by atoms with Crippen molar-refractivity contribution in [2.75, 3.05) is 0 Å². The minimum Gasteiger partial charge on any atom is -0.299 e. The zero-order valence-corrected chi connectivity index (χ0v) is 11.9. The smallest absolute Gasteiger partial charge is 0.299 e. The fraction of sp³-hybridized carbons (Fsp3) is 0.118. The van der Waals surface area contributed by atoms with Crippen LogP contribution in [0.3, 0.4) is 0 Å². The van der Waals surface area contributed by atoms with Gasteiger partial charge in [0.05, 0.1) is 5.56 Å². The lowest BCUT2D eigenvalue weighted by molar-refractivity contribution is 0.660. The maximum atomic E-state index is 12.4. The molecule has 0 unspecified atom stereocenters. The summed E-state index contributed by atoms with van der Waals surface area (Å²) in [6, 6.07) is 15.4. The van der Waals surface area contributed by atoms with Gasteiger partial charge in [-0.15, -0.1) is 0 Å². The molecule has 0 amide bonds. The van der Waals surface area contributed by atoms with Crippen molar-refractivity contribution in [1.29, 1.82) is 5.26 Å². The van der Waals surface area contributed by atoms with Crippen molar-refractivity contribution in [3.63, 3.8) is 0 Å². The summed E-state index contributed by atoms with van der Waals surface area (Å²) in [7, 11) is 0. The van der Waals surface area contributed by atoms with Crippen LogP contribution in [-0.4, -0.2) is 14.1 Å². The van der Waals surface area contributed by atoms with Crippen LogP contribution in [0, 0.1) is 11.3 Å². The second-order valence-electron chi connectivity index (χ2n) is 4.90. The zero-order valence-electron chi connectivity index (χ0n) is 11.9. The zero-order chi connectivity index (χ0) is 15.4. The molecular formula is C17H14N4O. The number of pyridine rings is 1. The number of imidazole rings is 1. The molecule has 3 rings (SSSR count). The van der Waals surface area contributed by atoms with Crippen LogP contribution >= 0.6 is 0 Å². The molecule has 0 spiro atoms. The second kappa shape index (κ2) is 6.10. The van der Waals surface area contributed by atoms with Gasteiger partial charge in [-0.1, -0.05) is 30.3 Å². The summed E-state index contributed by atoms with van der Waals surface area (Å²) in [6.07, 6.45) is 5.71. The van der Waals surface area contributed by atoms with Gasteiger partial charge < -0.3 is 0 Å². The molecule has 3 aromatic rings. The molecule has 0 saturated carbocycles. The van der Waals surface area contributed by atoms with Gasteiger partial charge in [-0.25, -0.2) is 9.78 Å². The largest absolute Gasteiger partial charge is 0.333 e. The predicted octanol–water partition coefficient (Wildman–Crippen LogP) is 2.15. The molecule has 1 aromatic carbocycles. The molecular weight excluding hydrogens is 276 g/mol. The van der Waals surface area contributed by atoms with E-state index in [0.29, 0.717) is 17.9 Å². The van der Waals surface area contributed by atoms with Gasteiger partial charge in [0.15, 0.2) is 0 Å². The quantitative estimate of drug-likeness (QED) is 0.739. The molecule has 0 N–H and O–H groups in total. The summed E-state index contributed by atoms with van der Waals surface area (Å²) < 4.78 is 3.14. The summed E-state index contributed by atoms with van der Waals surface area (Å²) in [5.74, 6) is 0.516. The number of hydrogen-bond acceptors (Lipinski definition) is 3. The molecule has 5 nitrogen and oxygen atoms in total. The fourth-order valence-corrected chi connectivity index (χ4v) is 2.25.